The molecule has 0 fully saturated rings. The van der Waals surface area contributed by atoms with Crippen LogP contribution in [0.3, 0.4) is 0 Å². The Morgan fingerprint density at radius 2 is 1.51 bits per heavy atom. The highest BCUT2D eigenvalue weighted by Gasteiger charge is 2.19. The molecule has 0 aliphatic heterocycles. The summed E-state index contributed by atoms with van der Waals surface area (Å²) in [7, 11) is 4.79. The first-order chi connectivity index (χ1) is 23.7. The van der Waals surface area contributed by atoms with E-state index in [4.69, 9.17) is 9.47 Å². The van der Waals surface area contributed by atoms with Crippen LogP contribution in [0.4, 0.5) is 11.4 Å². The smallest absolute Gasteiger partial charge is 0.295 e. The number of aromatic nitrogens is 2. The van der Waals surface area contributed by atoms with Crippen molar-refractivity contribution in [2.45, 2.75) is 11.8 Å². The van der Waals surface area contributed by atoms with E-state index in [1.165, 1.54) is 30.7 Å². The van der Waals surface area contributed by atoms with Crippen LogP contribution in [0.1, 0.15) is 21.6 Å². The number of amides is 3. The number of methoxy groups -OCH3 is 2. The average Bonchev–Trinajstić information content (AvgIpc) is 3.33. The van der Waals surface area contributed by atoms with E-state index in [1.807, 2.05) is 30.3 Å². The number of ether oxygens (including phenoxy) is 2. The molecule has 5 rings (SSSR count). The van der Waals surface area contributed by atoms with Gasteiger partial charge in [-0.2, -0.15) is 0 Å². The molecule has 250 valence electrons. The van der Waals surface area contributed by atoms with Gasteiger partial charge in [-0.05, 0) is 73.2 Å². The lowest BCUT2D eigenvalue weighted by Crippen LogP contribution is -2.30. The number of thioether (sulfide) groups is 1. The van der Waals surface area contributed by atoms with Crippen molar-refractivity contribution in [3.05, 3.63) is 136 Å². The first-order valence-electron chi connectivity index (χ1n) is 15.2. The second-order valence-electron chi connectivity index (χ2n) is 10.7. The van der Waals surface area contributed by atoms with Gasteiger partial charge in [0.25, 0.3) is 17.4 Å². The molecule has 0 aliphatic carbocycles. The van der Waals surface area contributed by atoms with Crippen LogP contribution in [-0.2, 0) is 16.6 Å². The highest BCUT2D eigenvalue weighted by molar-refractivity contribution is 8.00. The molecule has 0 saturated carbocycles. The zero-order valence-electron chi connectivity index (χ0n) is 27.4. The highest BCUT2D eigenvalue weighted by atomic mass is 32.2. The molecule has 0 radical (unpaired) electrons. The molecule has 0 saturated heterocycles. The Bertz CT molecular complexity index is 2070. The molecule has 5 aromatic rings. The molecule has 4 aromatic carbocycles. The lowest BCUT2D eigenvalue weighted by molar-refractivity contribution is -0.114. The minimum atomic E-state index is -0.562. The fourth-order valence-corrected chi connectivity index (χ4v) is 5.71. The Balaban J connectivity index is 1.30. The third kappa shape index (κ3) is 8.29. The van der Waals surface area contributed by atoms with Gasteiger partial charge >= 0.3 is 0 Å². The normalized spacial score (nSPS) is 11.1. The van der Waals surface area contributed by atoms with Crippen molar-refractivity contribution in [1.82, 2.24) is 14.7 Å². The molecule has 0 atom stereocenters. The van der Waals surface area contributed by atoms with Crippen molar-refractivity contribution in [2.24, 2.45) is 7.05 Å². The third-order valence-electron chi connectivity index (χ3n) is 7.53. The predicted octanol–water partition coefficient (Wildman–Crippen LogP) is 5.64. The summed E-state index contributed by atoms with van der Waals surface area (Å²) in [5.74, 6) is -0.369. The van der Waals surface area contributed by atoms with Crippen LogP contribution in [0, 0.1) is 6.92 Å². The predicted molar refractivity (Wildman–Crippen MR) is 192 cm³/mol. The summed E-state index contributed by atoms with van der Waals surface area (Å²) in [6.07, 6.45) is 1.54. The van der Waals surface area contributed by atoms with Crippen LogP contribution in [-0.4, -0.2) is 47.1 Å². The van der Waals surface area contributed by atoms with Crippen molar-refractivity contribution < 1.29 is 23.9 Å². The third-order valence-corrected chi connectivity index (χ3v) is 8.52. The number of rotatable bonds is 12. The molecule has 0 bridgehead atoms. The SMILES string of the molecule is COc1ccc(/C=C(/NC(=O)c2ccccc2)C(=O)Nc2cccc(SCC(=O)Nc3c(C)n(C)n(-c4ccccc4)c3=O)c2)cc1OC. The Morgan fingerprint density at radius 3 is 2.20 bits per heavy atom. The van der Waals surface area contributed by atoms with Crippen molar-refractivity contribution >= 4 is 46.9 Å². The Labute approximate surface area is 287 Å². The molecular weight excluding hydrogens is 643 g/mol. The maximum absolute atomic E-state index is 13.6. The number of nitrogens with one attached hydrogen (secondary N) is 3. The van der Waals surface area contributed by atoms with Gasteiger partial charge in [-0.15, -0.1) is 11.8 Å². The number of carbonyl (C=O) groups excluding carboxylic acids is 3. The summed E-state index contributed by atoms with van der Waals surface area (Å²) in [6, 6.07) is 29.8. The quantitative estimate of drug-likeness (QED) is 0.115. The number of hydrogen-bond acceptors (Lipinski definition) is 7. The molecular formula is C37H35N5O6S. The van der Waals surface area contributed by atoms with E-state index in [1.54, 1.807) is 97.5 Å². The summed E-state index contributed by atoms with van der Waals surface area (Å²) >= 11 is 1.25. The Morgan fingerprint density at radius 1 is 0.816 bits per heavy atom. The molecule has 0 spiro atoms. The molecule has 0 unspecified atom stereocenters. The maximum Gasteiger partial charge on any atom is 0.295 e. The lowest BCUT2D eigenvalue weighted by Gasteiger charge is -2.13. The molecule has 11 nitrogen and oxygen atoms in total. The molecule has 1 aromatic heterocycles. The van der Waals surface area contributed by atoms with Gasteiger partial charge in [-0.3, -0.25) is 23.9 Å². The fourth-order valence-electron chi connectivity index (χ4n) is 4.95. The highest BCUT2D eigenvalue weighted by Crippen LogP contribution is 2.29. The fraction of sp³-hybridized carbons (Fsp3) is 0.135. The van der Waals surface area contributed by atoms with Gasteiger partial charge in [0, 0.05) is 23.2 Å². The number of para-hydroxylation sites is 1. The Kier molecular flexibility index (Phi) is 11.0. The first-order valence-corrected chi connectivity index (χ1v) is 16.1. The second kappa shape index (κ2) is 15.7. The largest absolute Gasteiger partial charge is 0.493 e. The summed E-state index contributed by atoms with van der Waals surface area (Å²) in [6.45, 7) is 1.77. The van der Waals surface area contributed by atoms with Crippen molar-refractivity contribution in [3.63, 3.8) is 0 Å². The van der Waals surface area contributed by atoms with Crippen LogP contribution < -0.4 is 31.0 Å². The number of hydrogen-bond donors (Lipinski definition) is 3. The van der Waals surface area contributed by atoms with Crippen molar-refractivity contribution in [2.75, 3.05) is 30.6 Å². The topological polar surface area (TPSA) is 133 Å². The van der Waals surface area contributed by atoms with Crippen LogP contribution in [0.2, 0.25) is 0 Å². The standard InChI is InChI=1S/C37H35N5O6S/c1-24-34(37(46)42(41(24)2)28-15-9-6-10-16-28)40-33(43)23-49-29-17-11-14-27(22-29)38-36(45)30(39-35(44)26-12-7-5-8-13-26)20-25-18-19-31(47-3)32(21-25)48-4/h5-22H,23H2,1-4H3,(H,38,45)(H,39,44)(H,40,43)/b30-20+. The van der Waals surface area contributed by atoms with Gasteiger partial charge in [0.15, 0.2) is 11.5 Å². The van der Waals surface area contributed by atoms with E-state index >= 15 is 0 Å². The molecule has 3 N–H and O–H groups in total. The van der Waals surface area contributed by atoms with Crippen molar-refractivity contribution in [1.29, 1.82) is 0 Å². The van der Waals surface area contributed by atoms with Gasteiger partial charge in [-0.1, -0.05) is 48.5 Å². The van der Waals surface area contributed by atoms with E-state index < -0.39 is 11.8 Å². The molecule has 0 aliphatic rings. The molecule has 1 heterocycles. The average molecular weight is 678 g/mol. The van der Waals surface area contributed by atoms with Gasteiger partial charge in [-0.25, -0.2) is 4.68 Å². The Hall–Kier alpha value is -6.01. The van der Waals surface area contributed by atoms with Crippen LogP contribution >= 0.6 is 11.8 Å². The zero-order valence-corrected chi connectivity index (χ0v) is 28.2. The molecule has 3 amide bonds. The summed E-state index contributed by atoms with van der Waals surface area (Å²) in [4.78, 5) is 53.5. The monoisotopic (exact) mass is 677 g/mol. The summed E-state index contributed by atoms with van der Waals surface area (Å²) < 4.78 is 13.9. The zero-order chi connectivity index (χ0) is 34.9. The number of carbonyl (C=O) groups is 3. The van der Waals surface area contributed by atoms with Crippen LogP contribution in [0.5, 0.6) is 11.5 Å². The second-order valence-corrected chi connectivity index (χ2v) is 11.8. The first kappa shape index (κ1) is 34.3. The van der Waals surface area contributed by atoms with Crippen molar-refractivity contribution in [3.8, 4) is 17.2 Å². The molecule has 12 heteroatoms. The van der Waals surface area contributed by atoms with Crippen LogP contribution in [0.25, 0.3) is 11.8 Å². The maximum atomic E-state index is 13.6. The van der Waals surface area contributed by atoms with Gasteiger partial charge < -0.3 is 25.4 Å². The lowest BCUT2D eigenvalue weighted by atomic mass is 10.1. The number of anilines is 2. The van der Waals surface area contributed by atoms with Gasteiger partial charge in [0.05, 0.1) is 31.4 Å². The van der Waals surface area contributed by atoms with E-state index in [9.17, 15) is 19.2 Å². The number of benzene rings is 4. The van der Waals surface area contributed by atoms with E-state index in [2.05, 4.69) is 16.0 Å². The van der Waals surface area contributed by atoms with E-state index in [-0.39, 0.29) is 28.6 Å². The molecule has 49 heavy (non-hydrogen) atoms. The van der Waals surface area contributed by atoms with Gasteiger partial charge in [0.2, 0.25) is 5.91 Å². The minimum Gasteiger partial charge on any atom is -0.493 e. The summed E-state index contributed by atoms with van der Waals surface area (Å²) in [5.41, 5.74) is 2.62. The number of nitrogens with zero attached hydrogens (tertiary/aromatic N) is 2. The van der Waals surface area contributed by atoms with E-state index in [0.717, 1.165) is 0 Å². The summed E-state index contributed by atoms with van der Waals surface area (Å²) in [5, 5.41) is 8.32. The van der Waals surface area contributed by atoms with Crippen LogP contribution in [0.15, 0.2) is 119 Å². The minimum absolute atomic E-state index is 0.00195. The van der Waals surface area contributed by atoms with E-state index in [0.29, 0.717) is 44.6 Å². The van der Waals surface area contributed by atoms with Gasteiger partial charge in [0.1, 0.15) is 11.4 Å².